The second-order valence-electron chi connectivity index (χ2n) is 4.28. The van der Waals surface area contributed by atoms with Crippen molar-refractivity contribution in [3.05, 3.63) is 34.3 Å². The standard InChI is InChI=1S/C12H13ClF2O2/c1-7(2)5-8-3-4-9(6-10(8)13)12(14,15)11(16)17/h3-4,6-7H,5H2,1-2H3,(H,16,17). The maximum Gasteiger partial charge on any atom is 0.379 e. The number of carboxylic acids is 1. The van der Waals surface area contributed by atoms with Crippen LogP contribution < -0.4 is 0 Å². The largest absolute Gasteiger partial charge is 0.477 e. The molecule has 0 saturated carbocycles. The van der Waals surface area contributed by atoms with Crippen LogP contribution in [0.5, 0.6) is 0 Å². The number of hydrogen-bond donors (Lipinski definition) is 1. The molecule has 0 spiro atoms. The smallest absolute Gasteiger partial charge is 0.379 e. The molecule has 5 heteroatoms. The zero-order valence-corrected chi connectivity index (χ0v) is 10.3. The molecule has 0 aliphatic heterocycles. The molecule has 0 aromatic heterocycles. The summed E-state index contributed by atoms with van der Waals surface area (Å²) in [5, 5.41) is 8.59. The van der Waals surface area contributed by atoms with E-state index in [0.29, 0.717) is 12.3 Å². The molecule has 1 N–H and O–H groups in total. The molecule has 0 atom stereocenters. The summed E-state index contributed by atoms with van der Waals surface area (Å²) in [6, 6.07) is 3.58. The number of rotatable bonds is 4. The van der Waals surface area contributed by atoms with Gasteiger partial charge in [-0.25, -0.2) is 4.79 Å². The molecule has 17 heavy (non-hydrogen) atoms. The van der Waals surface area contributed by atoms with Crippen molar-refractivity contribution in [2.24, 2.45) is 5.92 Å². The molecule has 0 heterocycles. The number of carbonyl (C=O) groups is 1. The van der Waals surface area contributed by atoms with E-state index in [9.17, 15) is 13.6 Å². The normalized spacial score (nSPS) is 11.9. The summed E-state index contributed by atoms with van der Waals surface area (Å²) in [6.45, 7) is 3.96. The Labute approximate surface area is 103 Å². The van der Waals surface area contributed by atoms with Crippen LogP contribution in [0.3, 0.4) is 0 Å². The first-order chi connectivity index (χ1) is 7.75. The first-order valence-electron chi connectivity index (χ1n) is 5.15. The highest BCUT2D eigenvalue weighted by Gasteiger charge is 2.41. The highest BCUT2D eigenvalue weighted by Crippen LogP contribution is 2.31. The summed E-state index contributed by atoms with van der Waals surface area (Å²) in [5.74, 6) is -5.73. The third kappa shape index (κ3) is 3.16. The average molecular weight is 263 g/mol. The lowest BCUT2D eigenvalue weighted by Crippen LogP contribution is -2.25. The van der Waals surface area contributed by atoms with Crippen molar-refractivity contribution in [2.45, 2.75) is 26.2 Å². The zero-order valence-electron chi connectivity index (χ0n) is 9.51. The van der Waals surface area contributed by atoms with Crippen molar-refractivity contribution >= 4 is 17.6 Å². The maximum absolute atomic E-state index is 13.2. The maximum atomic E-state index is 13.2. The molecule has 1 rings (SSSR count). The molecule has 0 saturated heterocycles. The first kappa shape index (κ1) is 13.9. The minimum absolute atomic E-state index is 0.178. The van der Waals surface area contributed by atoms with E-state index in [2.05, 4.69) is 0 Å². The Bertz CT molecular complexity index is 431. The van der Waals surface area contributed by atoms with Crippen molar-refractivity contribution in [3.63, 3.8) is 0 Å². The molecule has 0 unspecified atom stereocenters. The SMILES string of the molecule is CC(C)Cc1ccc(C(F)(F)C(=O)O)cc1Cl. The topological polar surface area (TPSA) is 37.3 Å². The second kappa shape index (κ2) is 5.00. The third-order valence-corrected chi connectivity index (χ3v) is 2.66. The van der Waals surface area contributed by atoms with Crippen LogP contribution in [0.15, 0.2) is 18.2 Å². The molecule has 0 aliphatic rings. The van der Waals surface area contributed by atoms with Gasteiger partial charge in [0.25, 0.3) is 0 Å². The average Bonchev–Trinajstić information content (AvgIpc) is 2.20. The number of halogens is 3. The Balaban J connectivity index is 3.08. The summed E-state index contributed by atoms with van der Waals surface area (Å²) in [4.78, 5) is 10.4. The van der Waals surface area contributed by atoms with Crippen LogP contribution in [0.1, 0.15) is 25.0 Å². The lowest BCUT2D eigenvalue weighted by atomic mass is 10.00. The summed E-state index contributed by atoms with van der Waals surface area (Å²) < 4.78 is 26.4. The number of carboxylic acid groups (broad SMARTS) is 1. The van der Waals surface area contributed by atoms with Gasteiger partial charge >= 0.3 is 11.9 Å². The van der Waals surface area contributed by atoms with Gasteiger partial charge in [-0.2, -0.15) is 8.78 Å². The molecule has 0 aliphatic carbocycles. The predicted molar refractivity (Wildman–Crippen MR) is 61.5 cm³/mol. The molecular weight excluding hydrogens is 250 g/mol. The van der Waals surface area contributed by atoms with Crippen LogP contribution >= 0.6 is 11.6 Å². The Morgan fingerprint density at radius 1 is 1.47 bits per heavy atom. The van der Waals surface area contributed by atoms with Crippen LogP contribution in [-0.4, -0.2) is 11.1 Å². The molecule has 0 radical (unpaired) electrons. The van der Waals surface area contributed by atoms with Gasteiger partial charge in [-0.1, -0.05) is 37.6 Å². The van der Waals surface area contributed by atoms with E-state index >= 15 is 0 Å². The molecule has 1 aromatic rings. The Morgan fingerprint density at radius 3 is 2.47 bits per heavy atom. The summed E-state index contributed by atoms with van der Waals surface area (Å²) in [7, 11) is 0. The number of benzene rings is 1. The monoisotopic (exact) mass is 262 g/mol. The van der Waals surface area contributed by atoms with Crippen LogP contribution in [0.4, 0.5) is 8.78 Å². The highest BCUT2D eigenvalue weighted by molar-refractivity contribution is 6.31. The lowest BCUT2D eigenvalue weighted by Gasteiger charge is -2.14. The minimum Gasteiger partial charge on any atom is -0.477 e. The van der Waals surface area contributed by atoms with Crippen molar-refractivity contribution in [2.75, 3.05) is 0 Å². The van der Waals surface area contributed by atoms with Crippen LogP contribution in [0.2, 0.25) is 5.02 Å². The van der Waals surface area contributed by atoms with Gasteiger partial charge in [0.1, 0.15) is 0 Å². The van der Waals surface area contributed by atoms with Gasteiger partial charge in [-0.3, -0.25) is 0 Å². The van der Waals surface area contributed by atoms with Crippen molar-refractivity contribution < 1.29 is 18.7 Å². The van der Waals surface area contributed by atoms with Gasteiger partial charge in [-0.15, -0.1) is 0 Å². The van der Waals surface area contributed by atoms with Crippen LogP contribution in [0.25, 0.3) is 0 Å². The fourth-order valence-corrected chi connectivity index (χ4v) is 1.73. The lowest BCUT2D eigenvalue weighted by molar-refractivity contribution is -0.166. The molecule has 1 aromatic carbocycles. The Kier molecular flexibility index (Phi) is 4.09. The van der Waals surface area contributed by atoms with Crippen molar-refractivity contribution in [1.29, 1.82) is 0 Å². The van der Waals surface area contributed by atoms with E-state index in [1.165, 1.54) is 6.07 Å². The Hall–Kier alpha value is -1.16. The van der Waals surface area contributed by atoms with E-state index in [1.807, 2.05) is 13.8 Å². The van der Waals surface area contributed by atoms with E-state index in [0.717, 1.165) is 17.7 Å². The predicted octanol–water partition coefficient (Wildman–Crippen LogP) is 3.71. The summed E-state index contributed by atoms with van der Waals surface area (Å²) >= 11 is 5.86. The van der Waals surface area contributed by atoms with Gasteiger partial charge in [0.05, 0.1) is 0 Å². The van der Waals surface area contributed by atoms with Gasteiger partial charge < -0.3 is 5.11 Å². The zero-order chi connectivity index (χ0) is 13.2. The molecule has 0 fully saturated rings. The number of aliphatic carboxylic acids is 1. The van der Waals surface area contributed by atoms with Gasteiger partial charge in [0.2, 0.25) is 0 Å². The molecule has 0 amide bonds. The first-order valence-corrected chi connectivity index (χ1v) is 5.53. The van der Waals surface area contributed by atoms with E-state index < -0.39 is 17.5 Å². The summed E-state index contributed by atoms with van der Waals surface area (Å²) in [5.41, 5.74) is 0.147. The minimum atomic E-state index is -3.90. The van der Waals surface area contributed by atoms with Crippen molar-refractivity contribution in [3.8, 4) is 0 Å². The molecular formula is C12H13ClF2O2. The quantitative estimate of drug-likeness (QED) is 0.898. The second-order valence-corrected chi connectivity index (χ2v) is 4.69. The molecule has 94 valence electrons. The van der Waals surface area contributed by atoms with E-state index in [1.54, 1.807) is 0 Å². The van der Waals surface area contributed by atoms with E-state index in [-0.39, 0.29) is 5.02 Å². The van der Waals surface area contributed by atoms with Crippen LogP contribution in [-0.2, 0) is 17.1 Å². The fourth-order valence-electron chi connectivity index (χ4n) is 1.47. The fraction of sp³-hybridized carbons (Fsp3) is 0.417. The van der Waals surface area contributed by atoms with Crippen molar-refractivity contribution in [1.82, 2.24) is 0 Å². The molecule has 0 bridgehead atoms. The van der Waals surface area contributed by atoms with E-state index in [4.69, 9.17) is 16.7 Å². The highest BCUT2D eigenvalue weighted by atomic mass is 35.5. The number of alkyl halides is 2. The van der Waals surface area contributed by atoms with Gasteiger partial charge in [0, 0.05) is 10.6 Å². The van der Waals surface area contributed by atoms with Crippen LogP contribution in [0, 0.1) is 5.92 Å². The number of hydrogen-bond acceptors (Lipinski definition) is 1. The Morgan fingerprint density at radius 2 is 2.06 bits per heavy atom. The third-order valence-electron chi connectivity index (χ3n) is 2.31. The van der Waals surface area contributed by atoms with Gasteiger partial charge in [-0.05, 0) is 24.0 Å². The van der Waals surface area contributed by atoms with Gasteiger partial charge in [0.15, 0.2) is 0 Å². The summed E-state index contributed by atoms with van der Waals surface area (Å²) in [6.07, 6.45) is 0.664. The molecule has 2 nitrogen and oxygen atoms in total.